The number of hydrogen-bond acceptors (Lipinski definition) is 1. The van der Waals surface area contributed by atoms with E-state index in [-0.39, 0.29) is 5.41 Å². The molecule has 1 heteroatoms. The third kappa shape index (κ3) is 1.93. The van der Waals surface area contributed by atoms with Gasteiger partial charge in [-0.15, -0.1) is 0 Å². The molecule has 0 fully saturated rings. The van der Waals surface area contributed by atoms with E-state index in [1.807, 2.05) is 0 Å². The van der Waals surface area contributed by atoms with E-state index in [4.69, 9.17) is 5.26 Å². The van der Waals surface area contributed by atoms with Crippen molar-refractivity contribution in [2.75, 3.05) is 0 Å². The second kappa shape index (κ2) is 5.13. The maximum absolute atomic E-state index is 8.69. The van der Waals surface area contributed by atoms with E-state index in [1.54, 1.807) is 0 Å². The lowest BCUT2D eigenvalue weighted by Gasteiger charge is -2.27. The molecular formula is C19H19N. The molecule has 0 spiro atoms. The van der Waals surface area contributed by atoms with Crippen LogP contribution in [0.25, 0.3) is 11.1 Å². The van der Waals surface area contributed by atoms with Crippen LogP contribution in [0.2, 0.25) is 0 Å². The van der Waals surface area contributed by atoms with Crippen LogP contribution in [0.1, 0.15) is 43.7 Å². The second-order valence-electron chi connectivity index (χ2n) is 5.79. The van der Waals surface area contributed by atoms with E-state index < -0.39 is 0 Å². The topological polar surface area (TPSA) is 23.8 Å². The van der Waals surface area contributed by atoms with Gasteiger partial charge in [-0.1, -0.05) is 61.9 Å². The molecule has 0 aliphatic heterocycles. The van der Waals surface area contributed by atoms with Crippen molar-refractivity contribution in [2.45, 2.75) is 38.0 Å². The quantitative estimate of drug-likeness (QED) is 0.706. The monoisotopic (exact) mass is 261 g/mol. The fraction of sp³-hybridized carbons (Fsp3) is 0.316. The highest BCUT2D eigenvalue weighted by molar-refractivity contribution is 5.80. The molecule has 0 saturated carbocycles. The summed E-state index contributed by atoms with van der Waals surface area (Å²) in [5.74, 6) is 0. The first-order chi connectivity index (χ1) is 9.77. The van der Waals surface area contributed by atoms with Gasteiger partial charge in [0.2, 0.25) is 0 Å². The van der Waals surface area contributed by atoms with E-state index in [9.17, 15) is 0 Å². The van der Waals surface area contributed by atoms with E-state index in [0.717, 1.165) is 19.3 Å². The summed E-state index contributed by atoms with van der Waals surface area (Å²) in [4.78, 5) is 0. The van der Waals surface area contributed by atoms with Crippen LogP contribution in [-0.2, 0) is 5.41 Å². The molecule has 0 N–H and O–H groups in total. The summed E-state index contributed by atoms with van der Waals surface area (Å²) in [6.45, 7) is 2.35. The zero-order valence-electron chi connectivity index (χ0n) is 11.9. The smallest absolute Gasteiger partial charge is 0.0621 e. The molecular weight excluding hydrogens is 242 g/mol. The molecule has 0 bridgehead atoms. The summed E-state index contributed by atoms with van der Waals surface area (Å²) in [5, 5.41) is 8.69. The first-order valence-corrected chi connectivity index (χ1v) is 7.34. The van der Waals surface area contributed by atoms with Crippen molar-refractivity contribution in [1.29, 1.82) is 5.26 Å². The van der Waals surface area contributed by atoms with Gasteiger partial charge in [-0.05, 0) is 35.1 Å². The van der Waals surface area contributed by atoms with E-state index in [2.05, 4.69) is 61.5 Å². The van der Waals surface area contributed by atoms with Gasteiger partial charge in [-0.25, -0.2) is 0 Å². The zero-order valence-corrected chi connectivity index (χ0v) is 11.9. The summed E-state index contributed by atoms with van der Waals surface area (Å²) < 4.78 is 0. The SMILES string of the molecule is CC1(CCCCC#N)c2ccccc2-c2ccccc21. The number of fused-ring (bicyclic) bond motifs is 3. The standard InChI is InChI=1S/C19H19N/c1-19(13-7-2-8-14-20)17-11-5-3-9-15(17)16-10-4-6-12-18(16)19/h3-6,9-12H,2,7-8,13H2,1H3. The third-order valence-corrected chi connectivity index (χ3v) is 4.55. The largest absolute Gasteiger partial charge is 0.198 e. The third-order valence-electron chi connectivity index (χ3n) is 4.55. The minimum atomic E-state index is 0.0998. The van der Waals surface area contributed by atoms with Crippen LogP contribution >= 0.6 is 0 Å². The van der Waals surface area contributed by atoms with Gasteiger partial charge in [0.25, 0.3) is 0 Å². The number of unbranched alkanes of at least 4 members (excludes halogenated alkanes) is 2. The lowest BCUT2D eigenvalue weighted by atomic mass is 9.76. The van der Waals surface area contributed by atoms with Gasteiger partial charge in [-0.3, -0.25) is 0 Å². The second-order valence-corrected chi connectivity index (χ2v) is 5.79. The van der Waals surface area contributed by atoms with Crippen LogP contribution in [0, 0.1) is 11.3 Å². The van der Waals surface area contributed by atoms with Gasteiger partial charge in [0.05, 0.1) is 6.07 Å². The Labute approximate surface area is 120 Å². The first kappa shape index (κ1) is 12.9. The summed E-state index contributed by atoms with van der Waals surface area (Å²) in [6.07, 6.45) is 3.88. The number of benzene rings is 2. The summed E-state index contributed by atoms with van der Waals surface area (Å²) in [5.41, 5.74) is 5.75. The maximum atomic E-state index is 8.69. The van der Waals surface area contributed by atoms with Crippen molar-refractivity contribution >= 4 is 0 Å². The maximum Gasteiger partial charge on any atom is 0.0621 e. The number of rotatable bonds is 4. The molecule has 2 aromatic carbocycles. The molecule has 100 valence electrons. The summed E-state index contributed by atoms with van der Waals surface area (Å²) in [6, 6.07) is 19.8. The summed E-state index contributed by atoms with van der Waals surface area (Å²) >= 11 is 0. The van der Waals surface area contributed by atoms with Crippen LogP contribution in [0.3, 0.4) is 0 Å². The lowest BCUT2D eigenvalue weighted by Crippen LogP contribution is -2.20. The predicted octanol–water partition coefficient (Wildman–Crippen LogP) is 5.06. The van der Waals surface area contributed by atoms with Crippen LogP contribution in [0.4, 0.5) is 0 Å². The average Bonchev–Trinajstić information content (AvgIpc) is 2.75. The molecule has 0 atom stereocenters. The van der Waals surface area contributed by atoms with Gasteiger partial charge in [0.15, 0.2) is 0 Å². The van der Waals surface area contributed by atoms with E-state index in [0.29, 0.717) is 6.42 Å². The molecule has 0 aromatic heterocycles. The van der Waals surface area contributed by atoms with Gasteiger partial charge in [0.1, 0.15) is 0 Å². The molecule has 0 saturated heterocycles. The van der Waals surface area contributed by atoms with E-state index >= 15 is 0 Å². The van der Waals surface area contributed by atoms with Crippen molar-refractivity contribution in [3.8, 4) is 17.2 Å². The Hall–Kier alpha value is -2.07. The highest BCUT2D eigenvalue weighted by Gasteiger charge is 2.37. The zero-order chi connectivity index (χ0) is 14.0. The highest BCUT2D eigenvalue weighted by Crippen LogP contribution is 2.50. The highest BCUT2D eigenvalue weighted by atomic mass is 14.4. The molecule has 1 aliphatic rings. The first-order valence-electron chi connectivity index (χ1n) is 7.34. The predicted molar refractivity (Wildman–Crippen MR) is 82.4 cm³/mol. The molecule has 0 heterocycles. The van der Waals surface area contributed by atoms with Crippen LogP contribution in [0.5, 0.6) is 0 Å². The molecule has 3 rings (SSSR count). The lowest BCUT2D eigenvalue weighted by molar-refractivity contribution is 0.498. The van der Waals surface area contributed by atoms with Crippen molar-refractivity contribution in [2.24, 2.45) is 0 Å². The van der Waals surface area contributed by atoms with Crippen molar-refractivity contribution in [1.82, 2.24) is 0 Å². The minimum absolute atomic E-state index is 0.0998. The molecule has 0 amide bonds. The molecule has 2 aromatic rings. The average molecular weight is 261 g/mol. The Bertz CT molecular complexity index is 618. The Morgan fingerprint density at radius 3 is 2.00 bits per heavy atom. The van der Waals surface area contributed by atoms with Gasteiger partial charge in [-0.2, -0.15) is 5.26 Å². The molecule has 20 heavy (non-hydrogen) atoms. The van der Waals surface area contributed by atoms with Gasteiger partial charge in [0, 0.05) is 11.8 Å². The Morgan fingerprint density at radius 2 is 1.45 bits per heavy atom. The molecule has 1 nitrogen and oxygen atoms in total. The number of hydrogen-bond donors (Lipinski definition) is 0. The van der Waals surface area contributed by atoms with Crippen LogP contribution < -0.4 is 0 Å². The van der Waals surface area contributed by atoms with E-state index in [1.165, 1.54) is 22.3 Å². The Balaban J connectivity index is 2.00. The summed E-state index contributed by atoms with van der Waals surface area (Å²) in [7, 11) is 0. The van der Waals surface area contributed by atoms with Gasteiger partial charge < -0.3 is 0 Å². The fourth-order valence-corrected chi connectivity index (χ4v) is 3.50. The molecule has 0 radical (unpaired) electrons. The normalized spacial score (nSPS) is 14.4. The molecule has 1 aliphatic carbocycles. The van der Waals surface area contributed by atoms with Crippen LogP contribution in [0.15, 0.2) is 48.5 Å². The number of nitrogens with zero attached hydrogens (tertiary/aromatic N) is 1. The van der Waals surface area contributed by atoms with Crippen LogP contribution in [-0.4, -0.2) is 0 Å². The van der Waals surface area contributed by atoms with Crippen molar-refractivity contribution in [3.05, 3.63) is 59.7 Å². The van der Waals surface area contributed by atoms with Crippen molar-refractivity contribution < 1.29 is 0 Å². The molecule has 0 unspecified atom stereocenters. The Morgan fingerprint density at radius 1 is 0.900 bits per heavy atom. The number of nitriles is 1. The van der Waals surface area contributed by atoms with Crippen molar-refractivity contribution in [3.63, 3.8) is 0 Å². The fourth-order valence-electron chi connectivity index (χ4n) is 3.50. The van der Waals surface area contributed by atoms with Gasteiger partial charge >= 0.3 is 0 Å². The minimum Gasteiger partial charge on any atom is -0.198 e. The Kier molecular flexibility index (Phi) is 3.32.